The van der Waals surface area contributed by atoms with Gasteiger partial charge in [-0.3, -0.25) is 9.48 Å². The van der Waals surface area contributed by atoms with Crippen LogP contribution < -0.4 is 10.1 Å². The van der Waals surface area contributed by atoms with E-state index in [1.807, 2.05) is 56.6 Å². The third-order valence-corrected chi connectivity index (χ3v) is 5.55. The number of ether oxygens (including phenoxy) is 1. The van der Waals surface area contributed by atoms with E-state index in [1.165, 1.54) is 0 Å². The number of amides is 1. The first-order chi connectivity index (χ1) is 14.5. The first kappa shape index (κ1) is 19.8. The van der Waals surface area contributed by atoms with Crippen LogP contribution in [-0.2, 0) is 7.05 Å². The zero-order chi connectivity index (χ0) is 21.1. The summed E-state index contributed by atoms with van der Waals surface area (Å²) < 4.78 is 7.17. The number of rotatable bonds is 6. The topological polar surface area (TPSA) is 69.0 Å². The first-order valence-electron chi connectivity index (χ1n) is 9.64. The van der Waals surface area contributed by atoms with E-state index in [1.54, 1.807) is 22.2 Å². The van der Waals surface area contributed by atoms with Crippen LogP contribution in [-0.4, -0.2) is 27.3 Å². The molecule has 0 aliphatic carbocycles. The maximum Gasteiger partial charge on any atom is 0.276 e. The second-order valence-corrected chi connectivity index (χ2v) is 7.71. The summed E-state index contributed by atoms with van der Waals surface area (Å²) in [5, 5.41) is 10.2. The molecule has 0 aliphatic heterocycles. The number of carbonyl (C=O) groups is 1. The summed E-state index contributed by atoms with van der Waals surface area (Å²) in [6.45, 7) is 4.59. The van der Waals surface area contributed by atoms with Crippen molar-refractivity contribution in [3.8, 4) is 27.6 Å². The van der Waals surface area contributed by atoms with E-state index in [0.29, 0.717) is 18.0 Å². The number of carbonyl (C=O) groups excluding carboxylic acids is 1. The summed E-state index contributed by atoms with van der Waals surface area (Å²) in [7, 11) is 1.85. The number of aromatic nitrogens is 3. The minimum absolute atomic E-state index is 0.255. The van der Waals surface area contributed by atoms with Gasteiger partial charge in [0, 0.05) is 35.4 Å². The van der Waals surface area contributed by atoms with Crippen molar-refractivity contribution in [2.75, 3.05) is 11.9 Å². The van der Waals surface area contributed by atoms with Gasteiger partial charge in [0.25, 0.3) is 5.91 Å². The molecule has 0 aliphatic rings. The Bertz CT molecular complexity index is 1160. The standard InChI is InChI=1S/C23H22N4O2S/c1-4-29-18-9-7-17(8-10-18)25-22(28)20-14-21(27(3)26-20)19-13-16(6-5-15(19)2)23-24-11-12-30-23/h5-14H,4H2,1-3H3,(H,25,28). The number of thiazole rings is 1. The number of nitrogens with zero attached hydrogens (tertiary/aromatic N) is 3. The lowest BCUT2D eigenvalue weighted by Crippen LogP contribution is -2.12. The van der Waals surface area contributed by atoms with Gasteiger partial charge in [-0.2, -0.15) is 5.10 Å². The molecule has 1 amide bonds. The quantitative estimate of drug-likeness (QED) is 0.469. The van der Waals surface area contributed by atoms with Gasteiger partial charge in [-0.15, -0.1) is 11.3 Å². The fraction of sp³-hybridized carbons (Fsp3) is 0.174. The van der Waals surface area contributed by atoms with Crippen molar-refractivity contribution in [1.82, 2.24) is 14.8 Å². The van der Waals surface area contributed by atoms with E-state index >= 15 is 0 Å². The van der Waals surface area contributed by atoms with Crippen molar-refractivity contribution in [2.45, 2.75) is 13.8 Å². The predicted octanol–water partition coefficient (Wildman–Crippen LogP) is 5.17. The SMILES string of the molecule is CCOc1ccc(NC(=O)c2cc(-c3cc(-c4nccs4)ccc3C)n(C)n2)cc1. The van der Waals surface area contributed by atoms with Gasteiger partial charge in [0.2, 0.25) is 0 Å². The maximum atomic E-state index is 12.7. The Morgan fingerprint density at radius 3 is 2.67 bits per heavy atom. The van der Waals surface area contributed by atoms with Crippen molar-refractivity contribution >= 4 is 22.9 Å². The van der Waals surface area contributed by atoms with Crippen molar-refractivity contribution in [3.05, 3.63) is 71.4 Å². The summed E-state index contributed by atoms with van der Waals surface area (Å²) >= 11 is 1.60. The third kappa shape index (κ3) is 4.11. The summed E-state index contributed by atoms with van der Waals surface area (Å²) in [6, 6.07) is 15.3. The molecule has 2 aromatic carbocycles. The van der Waals surface area contributed by atoms with Crippen LogP contribution in [0.2, 0.25) is 0 Å². The molecule has 4 rings (SSSR count). The average Bonchev–Trinajstić information content (AvgIpc) is 3.40. The highest BCUT2D eigenvalue weighted by atomic mass is 32.1. The second-order valence-electron chi connectivity index (χ2n) is 6.82. The van der Waals surface area contributed by atoms with E-state index in [-0.39, 0.29) is 5.91 Å². The molecule has 0 bridgehead atoms. The maximum absolute atomic E-state index is 12.7. The zero-order valence-corrected chi connectivity index (χ0v) is 17.9. The van der Waals surface area contributed by atoms with Gasteiger partial charge in [0.05, 0.1) is 12.3 Å². The minimum Gasteiger partial charge on any atom is -0.494 e. The van der Waals surface area contributed by atoms with Gasteiger partial charge < -0.3 is 10.1 Å². The Kier molecular flexibility index (Phi) is 5.63. The van der Waals surface area contributed by atoms with Crippen LogP contribution in [0, 0.1) is 6.92 Å². The largest absolute Gasteiger partial charge is 0.494 e. The second kappa shape index (κ2) is 8.51. The van der Waals surface area contributed by atoms with Crippen LogP contribution in [0.5, 0.6) is 5.75 Å². The molecule has 2 aromatic heterocycles. The van der Waals surface area contributed by atoms with Gasteiger partial charge in [0.1, 0.15) is 10.8 Å². The highest BCUT2D eigenvalue weighted by molar-refractivity contribution is 7.13. The average molecular weight is 419 g/mol. The van der Waals surface area contributed by atoms with Gasteiger partial charge in [0.15, 0.2) is 5.69 Å². The summed E-state index contributed by atoms with van der Waals surface area (Å²) in [6.07, 6.45) is 1.80. The molecule has 152 valence electrons. The van der Waals surface area contributed by atoms with Crippen LogP contribution in [0.3, 0.4) is 0 Å². The monoisotopic (exact) mass is 418 g/mol. The molecule has 7 heteroatoms. The molecule has 1 N–H and O–H groups in total. The highest BCUT2D eigenvalue weighted by Gasteiger charge is 2.16. The Balaban J connectivity index is 1.59. The normalized spacial score (nSPS) is 10.8. The Hall–Kier alpha value is -3.45. The van der Waals surface area contributed by atoms with Crippen molar-refractivity contribution in [2.24, 2.45) is 7.05 Å². The summed E-state index contributed by atoms with van der Waals surface area (Å²) in [5.41, 5.74) is 5.11. The molecule has 0 unspecified atom stereocenters. The van der Waals surface area contributed by atoms with Gasteiger partial charge in [-0.05, 0) is 55.8 Å². The van der Waals surface area contributed by atoms with E-state index in [4.69, 9.17) is 4.74 Å². The number of aryl methyl sites for hydroxylation is 2. The molecular weight excluding hydrogens is 396 g/mol. The number of anilines is 1. The number of hydrogen-bond acceptors (Lipinski definition) is 5. The zero-order valence-electron chi connectivity index (χ0n) is 17.0. The van der Waals surface area contributed by atoms with Gasteiger partial charge >= 0.3 is 0 Å². The van der Waals surface area contributed by atoms with Crippen molar-refractivity contribution in [3.63, 3.8) is 0 Å². The van der Waals surface area contributed by atoms with Gasteiger partial charge in [-0.1, -0.05) is 12.1 Å². The molecular formula is C23H22N4O2S. The predicted molar refractivity (Wildman–Crippen MR) is 120 cm³/mol. The smallest absolute Gasteiger partial charge is 0.276 e. The molecule has 0 spiro atoms. The number of benzene rings is 2. The molecule has 0 atom stereocenters. The molecule has 0 radical (unpaired) electrons. The van der Waals surface area contributed by atoms with Crippen LogP contribution in [0.15, 0.2) is 60.1 Å². The molecule has 30 heavy (non-hydrogen) atoms. The van der Waals surface area contributed by atoms with Crippen molar-refractivity contribution in [1.29, 1.82) is 0 Å². The molecule has 2 heterocycles. The van der Waals surface area contributed by atoms with E-state index < -0.39 is 0 Å². The van der Waals surface area contributed by atoms with E-state index in [0.717, 1.165) is 33.1 Å². The fourth-order valence-corrected chi connectivity index (χ4v) is 3.86. The Morgan fingerprint density at radius 1 is 1.17 bits per heavy atom. The van der Waals surface area contributed by atoms with Crippen LogP contribution in [0.25, 0.3) is 21.8 Å². The van der Waals surface area contributed by atoms with E-state index in [9.17, 15) is 4.79 Å². The third-order valence-electron chi connectivity index (χ3n) is 4.73. The number of hydrogen-bond donors (Lipinski definition) is 1. The summed E-state index contributed by atoms with van der Waals surface area (Å²) in [5.74, 6) is 0.515. The molecule has 0 saturated heterocycles. The molecule has 6 nitrogen and oxygen atoms in total. The molecule has 4 aromatic rings. The molecule has 0 saturated carbocycles. The number of nitrogens with one attached hydrogen (secondary N) is 1. The van der Waals surface area contributed by atoms with Gasteiger partial charge in [-0.25, -0.2) is 4.98 Å². The van der Waals surface area contributed by atoms with Crippen LogP contribution in [0.1, 0.15) is 23.0 Å². The van der Waals surface area contributed by atoms with E-state index in [2.05, 4.69) is 33.6 Å². The minimum atomic E-state index is -0.255. The lowest BCUT2D eigenvalue weighted by molar-refractivity contribution is 0.102. The van der Waals surface area contributed by atoms with Crippen LogP contribution in [0.4, 0.5) is 5.69 Å². The fourth-order valence-electron chi connectivity index (χ4n) is 3.22. The Labute approximate surface area is 179 Å². The summed E-state index contributed by atoms with van der Waals surface area (Å²) in [4.78, 5) is 17.1. The lowest BCUT2D eigenvalue weighted by Gasteiger charge is -2.08. The molecule has 0 fully saturated rings. The van der Waals surface area contributed by atoms with Crippen molar-refractivity contribution < 1.29 is 9.53 Å². The van der Waals surface area contributed by atoms with Crippen LogP contribution >= 0.6 is 11.3 Å². The Morgan fingerprint density at radius 2 is 1.97 bits per heavy atom. The highest BCUT2D eigenvalue weighted by Crippen LogP contribution is 2.30. The lowest BCUT2D eigenvalue weighted by atomic mass is 10.0. The first-order valence-corrected chi connectivity index (χ1v) is 10.5.